The molecule has 2 aromatic heterocycles. The number of carbonyl (C=O) groups excluding carboxylic acids is 1. The Hall–Kier alpha value is -3.29. The summed E-state index contributed by atoms with van der Waals surface area (Å²) in [6.45, 7) is 2.70. The largest absolute Gasteiger partial charge is 0.341 e. The lowest BCUT2D eigenvalue weighted by molar-refractivity contribution is -0.122. The second-order valence-electron chi connectivity index (χ2n) is 7.06. The van der Waals surface area contributed by atoms with Crippen LogP contribution in [0.5, 0.6) is 0 Å². The van der Waals surface area contributed by atoms with E-state index in [4.69, 9.17) is 4.52 Å². The number of nitrogens with zero attached hydrogens (tertiary/aromatic N) is 6. The molecule has 2 saturated heterocycles. The molecule has 8 heteroatoms. The summed E-state index contributed by atoms with van der Waals surface area (Å²) in [5.74, 6) is 1.68. The van der Waals surface area contributed by atoms with Gasteiger partial charge in [0, 0.05) is 43.5 Å². The molecule has 2 aliphatic rings. The average molecular weight is 376 g/mol. The van der Waals surface area contributed by atoms with Crippen molar-refractivity contribution in [1.82, 2.24) is 20.1 Å². The van der Waals surface area contributed by atoms with Gasteiger partial charge in [-0.25, -0.2) is 9.97 Å². The molecule has 28 heavy (non-hydrogen) atoms. The van der Waals surface area contributed by atoms with Crippen LogP contribution in [0.2, 0.25) is 0 Å². The van der Waals surface area contributed by atoms with Gasteiger partial charge in [0.15, 0.2) is 0 Å². The van der Waals surface area contributed by atoms with Gasteiger partial charge in [0.25, 0.3) is 5.89 Å². The molecular weight excluding hydrogens is 356 g/mol. The van der Waals surface area contributed by atoms with Crippen LogP contribution < -0.4 is 9.80 Å². The average Bonchev–Trinajstić information content (AvgIpc) is 3.24. The van der Waals surface area contributed by atoms with Gasteiger partial charge >= 0.3 is 0 Å². The Morgan fingerprint density at radius 3 is 2.68 bits per heavy atom. The van der Waals surface area contributed by atoms with Gasteiger partial charge < -0.3 is 14.3 Å². The van der Waals surface area contributed by atoms with E-state index < -0.39 is 0 Å². The molecule has 0 radical (unpaired) electrons. The molecule has 3 aromatic rings. The topological polar surface area (TPSA) is 88.3 Å². The van der Waals surface area contributed by atoms with Gasteiger partial charge in [0.2, 0.25) is 17.7 Å². The molecular formula is C20H20N6O2. The first-order valence-electron chi connectivity index (χ1n) is 9.61. The minimum absolute atomic E-state index is 0.136. The molecule has 142 valence electrons. The monoisotopic (exact) mass is 376 g/mol. The van der Waals surface area contributed by atoms with Crippen LogP contribution in [0.25, 0.3) is 23.0 Å². The standard InChI is InChI=1S/C20H20N6O2/c27-17-8-12-26(17)15-6-4-5-14(13-15)18-23-19(28-24-18)16-7-9-21-20(22-16)25-10-2-1-3-11-25/h4-7,9,13H,1-3,8,10-12H2. The molecule has 0 N–H and O–H groups in total. The third-order valence-corrected chi connectivity index (χ3v) is 5.19. The number of β-lactam (4-membered cyclic amide) rings is 1. The molecule has 1 aromatic carbocycles. The van der Waals surface area contributed by atoms with Gasteiger partial charge in [-0.3, -0.25) is 4.79 Å². The van der Waals surface area contributed by atoms with Gasteiger partial charge in [-0.1, -0.05) is 17.3 Å². The summed E-state index contributed by atoms with van der Waals surface area (Å²) in [6.07, 6.45) is 5.91. The molecule has 0 saturated carbocycles. The Morgan fingerprint density at radius 2 is 1.89 bits per heavy atom. The highest BCUT2D eigenvalue weighted by molar-refractivity contribution is 5.99. The van der Waals surface area contributed by atoms with E-state index in [1.165, 1.54) is 6.42 Å². The summed E-state index contributed by atoms with van der Waals surface area (Å²) in [5.41, 5.74) is 2.27. The molecule has 8 nitrogen and oxygen atoms in total. The van der Waals surface area contributed by atoms with Crippen LogP contribution in [0, 0.1) is 0 Å². The Balaban J connectivity index is 1.41. The highest BCUT2D eigenvalue weighted by Crippen LogP contribution is 2.28. The summed E-state index contributed by atoms with van der Waals surface area (Å²) < 4.78 is 5.46. The number of anilines is 2. The van der Waals surface area contributed by atoms with Crippen molar-refractivity contribution in [3.05, 3.63) is 36.5 Å². The number of benzene rings is 1. The van der Waals surface area contributed by atoms with E-state index in [-0.39, 0.29) is 5.91 Å². The van der Waals surface area contributed by atoms with E-state index in [2.05, 4.69) is 25.0 Å². The van der Waals surface area contributed by atoms with Crippen LogP contribution in [0.4, 0.5) is 11.6 Å². The third kappa shape index (κ3) is 3.11. The highest BCUT2D eigenvalue weighted by atomic mass is 16.5. The first kappa shape index (κ1) is 16.9. The van der Waals surface area contributed by atoms with Crippen LogP contribution in [-0.4, -0.2) is 45.7 Å². The Bertz CT molecular complexity index is 1010. The third-order valence-electron chi connectivity index (χ3n) is 5.19. The van der Waals surface area contributed by atoms with Crippen molar-refractivity contribution < 1.29 is 9.32 Å². The molecule has 0 unspecified atom stereocenters. The van der Waals surface area contributed by atoms with Crippen molar-refractivity contribution in [2.75, 3.05) is 29.4 Å². The molecule has 0 atom stereocenters. The Morgan fingerprint density at radius 1 is 1.00 bits per heavy atom. The van der Waals surface area contributed by atoms with Crippen molar-refractivity contribution in [3.63, 3.8) is 0 Å². The first-order valence-corrected chi connectivity index (χ1v) is 9.61. The zero-order valence-corrected chi connectivity index (χ0v) is 15.4. The smallest absolute Gasteiger partial charge is 0.277 e. The second kappa shape index (κ2) is 7.03. The lowest BCUT2D eigenvalue weighted by atomic mass is 10.1. The van der Waals surface area contributed by atoms with Crippen LogP contribution in [0.3, 0.4) is 0 Å². The van der Waals surface area contributed by atoms with E-state index in [9.17, 15) is 4.79 Å². The van der Waals surface area contributed by atoms with Crippen molar-refractivity contribution >= 4 is 17.5 Å². The summed E-state index contributed by atoms with van der Waals surface area (Å²) in [7, 11) is 0. The van der Waals surface area contributed by atoms with E-state index >= 15 is 0 Å². The zero-order chi connectivity index (χ0) is 18.9. The predicted octanol–water partition coefficient (Wildman–Crippen LogP) is 2.92. The van der Waals surface area contributed by atoms with Gasteiger partial charge in [-0.15, -0.1) is 0 Å². The number of rotatable bonds is 4. The summed E-state index contributed by atoms with van der Waals surface area (Å²) in [4.78, 5) is 29.2. The molecule has 0 spiro atoms. The fourth-order valence-corrected chi connectivity index (χ4v) is 3.56. The number of carbonyl (C=O) groups is 1. The number of aromatic nitrogens is 4. The second-order valence-corrected chi connectivity index (χ2v) is 7.06. The lowest BCUT2D eigenvalue weighted by Gasteiger charge is -2.30. The highest BCUT2D eigenvalue weighted by Gasteiger charge is 2.25. The Kier molecular flexibility index (Phi) is 4.23. The molecule has 4 heterocycles. The van der Waals surface area contributed by atoms with Crippen molar-refractivity contribution in [2.45, 2.75) is 25.7 Å². The normalized spacial score (nSPS) is 16.9. The maximum absolute atomic E-state index is 11.7. The fourth-order valence-electron chi connectivity index (χ4n) is 3.56. The maximum atomic E-state index is 11.7. The summed E-state index contributed by atoms with van der Waals surface area (Å²) in [5, 5.41) is 4.10. The molecule has 1 amide bonds. The quantitative estimate of drug-likeness (QED) is 0.647. The van der Waals surface area contributed by atoms with Crippen LogP contribution in [-0.2, 0) is 4.79 Å². The van der Waals surface area contributed by atoms with Crippen molar-refractivity contribution in [1.29, 1.82) is 0 Å². The van der Waals surface area contributed by atoms with Crippen molar-refractivity contribution in [3.8, 4) is 23.0 Å². The molecule has 0 aliphatic carbocycles. The fraction of sp³-hybridized carbons (Fsp3) is 0.350. The minimum atomic E-state index is 0.136. The molecule has 5 rings (SSSR count). The van der Waals surface area contributed by atoms with Gasteiger partial charge in [0.05, 0.1) is 0 Å². The predicted molar refractivity (Wildman–Crippen MR) is 104 cm³/mol. The number of hydrogen-bond donors (Lipinski definition) is 0. The zero-order valence-electron chi connectivity index (χ0n) is 15.4. The summed E-state index contributed by atoms with van der Waals surface area (Å²) in [6, 6.07) is 9.40. The summed E-state index contributed by atoms with van der Waals surface area (Å²) >= 11 is 0. The maximum Gasteiger partial charge on any atom is 0.277 e. The van der Waals surface area contributed by atoms with Crippen LogP contribution in [0.15, 0.2) is 41.1 Å². The number of piperidine rings is 1. The van der Waals surface area contributed by atoms with E-state index in [1.54, 1.807) is 17.2 Å². The van der Waals surface area contributed by atoms with Gasteiger partial charge in [0.1, 0.15) is 5.69 Å². The van der Waals surface area contributed by atoms with Crippen molar-refractivity contribution in [2.24, 2.45) is 0 Å². The van der Waals surface area contributed by atoms with Gasteiger partial charge in [-0.2, -0.15) is 4.98 Å². The van der Waals surface area contributed by atoms with Crippen LogP contribution in [0.1, 0.15) is 25.7 Å². The van der Waals surface area contributed by atoms with E-state index in [0.29, 0.717) is 29.8 Å². The first-order chi connectivity index (χ1) is 13.8. The van der Waals surface area contributed by atoms with Gasteiger partial charge in [-0.05, 0) is 37.5 Å². The SMILES string of the molecule is O=C1CCN1c1cccc(-c2noc(-c3ccnc(N4CCCCC4)n3)n2)c1. The minimum Gasteiger partial charge on any atom is -0.341 e. The van der Waals surface area contributed by atoms with Crippen LogP contribution >= 0.6 is 0 Å². The molecule has 2 aliphatic heterocycles. The Labute approximate surface area is 162 Å². The molecule has 0 bridgehead atoms. The number of hydrogen-bond acceptors (Lipinski definition) is 7. The van der Waals surface area contributed by atoms with E-state index in [0.717, 1.165) is 43.7 Å². The van der Waals surface area contributed by atoms with E-state index in [1.807, 2.05) is 24.3 Å². The number of amides is 1. The molecule has 2 fully saturated rings. The lowest BCUT2D eigenvalue weighted by Crippen LogP contribution is -2.43.